The van der Waals surface area contributed by atoms with Crippen LogP contribution in [0.3, 0.4) is 0 Å². The summed E-state index contributed by atoms with van der Waals surface area (Å²) >= 11 is 0. The molecule has 0 amide bonds. The van der Waals surface area contributed by atoms with E-state index in [1.165, 1.54) is 16.7 Å². The first-order valence-electron chi connectivity index (χ1n) is 7.13. The van der Waals surface area contributed by atoms with Gasteiger partial charge in [-0.15, -0.1) is 0 Å². The zero-order chi connectivity index (χ0) is 13.5. The van der Waals surface area contributed by atoms with Crippen LogP contribution in [0.1, 0.15) is 36.1 Å². The van der Waals surface area contributed by atoms with Crippen LogP contribution in [0.15, 0.2) is 54.6 Å². The van der Waals surface area contributed by atoms with Crippen molar-refractivity contribution in [3.63, 3.8) is 0 Å². The highest BCUT2D eigenvalue weighted by atomic mass is 14.9. The lowest BCUT2D eigenvalue weighted by atomic mass is 9.98. The van der Waals surface area contributed by atoms with Gasteiger partial charge in [-0.2, -0.15) is 0 Å². The molecule has 0 heterocycles. The summed E-state index contributed by atoms with van der Waals surface area (Å²) in [6, 6.07) is 20.1. The van der Waals surface area contributed by atoms with Crippen LogP contribution < -0.4 is 5.32 Å². The van der Waals surface area contributed by atoms with Crippen LogP contribution >= 0.6 is 0 Å². The van der Waals surface area contributed by atoms with Crippen molar-refractivity contribution in [1.82, 2.24) is 5.32 Å². The van der Waals surface area contributed by atoms with Gasteiger partial charge in [0, 0.05) is 6.04 Å². The van der Waals surface area contributed by atoms with E-state index >= 15 is 0 Å². The molecule has 100 valence electrons. The molecule has 19 heavy (non-hydrogen) atoms. The zero-order valence-corrected chi connectivity index (χ0v) is 11.9. The van der Waals surface area contributed by atoms with E-state index in [4.69, 9.17) is 0 Å². The van der Waals surface area contributed by atoms with Crippen molar-refractivity contribution in [2.45, 2.75) is 32.2 Å². The molecule has 2 aromatic rings. The van der Waals surface area contributed by atoms with Gasteiger partial charge in [0.2, 0.25) is 0 Å². The maximum atomic E-state index is 3.41. The molecule has 2 rings (SSSR count). The monoisotopic (exact) mass is 253 g/mol. The first-order chi connectivity index (χ1) is 9.33. The van der Waals surface area contributed by atoms with Gasteiger partial charge in [-0.05, 0) is 43.0 Å². The third-order valence-corrected chi connectivity index (χ3v) is 3.70. The molecule has 1 N–H and O–H groups in total. The van der Waals surface area contributed by atoms with E-state index in [0.29, 0.717) is 6.04 Å². The Hall–Kier alpha value is -1.60. The summed E-state index contributed by atoms with van der Waals surface area (Å²) in [7, 11) is 2.04. The van der Waals surface area contributed by atoms with Crippen molar-refractivity contribution >= 4 is 0 Å². The molecule has 0 fully saturated rings. The Labute approximate surface area is 116 Å². The fourth-order valence-corrected chi connectivity index (χ4v) is 2.42. The van der Waals surface area contributed by atoms with Crippen LogP contribution in [-0.2, 0) is 12.8 Å². The van der Waals surface area contributed by atoms with E-state index in [9.17, 15) is 0 Å². The summed E-state index contributed by atoms with van der Waals surface area (Å²) in [5.74, 6) is 0. The SMILES string of the molecule is CCc1ccc(CCC(NC)c2ccccc2)cc1. The molecule has 1 atom stereocenters. The minimum atomic E-state index is 0.437. The maximum absolute atomic E-state index is 3.41. The molecule has 1 heteroatoms. The smallest absolute Gasteiger partial charge is 0.0320 e. The first kappa shape index (κ1) is 13.8. The average molecular weight is 253 g/mol. The molecule has 0 aliphatic carbocycles. The van der Waals surface area contributed by atoms with E-state index in [0.717, 1.165) is 19.3 Å². The van der Waals surface area contributed by atoms with Gasteiger partial charge in [-0.1, -0.05) is 61.5 Å². The van der Waals surface area contributed by atoms with E-state index in [-0.39, 0.29) is 0 Å². The zero-order valence-electron chi connectivity index (χ0n) is 11.9. The van der Waals surface area contributed by atoms with E-state index < -0.39 is 0 Å². The number of hydrogen-bond acceptors (Lipinski definition) is 1. The molecule has 0 aromatic heterocycles. The van der Waals surface area contributed by atoms with Crippen molar-refractivity contribution in [2.75, 3.05) is 7.05 Å². The molecule has 0 bridgehead atoms. The fourth-order valence-electron chi connectivity index (χ4n) is 2.42. The highest BCUT2D eigenvalue weighted by Crippen LogP contribution is 2.18. The van der Waals surface area contributed by atoms with Crippen molar-refractivity contribution < 1.29 is 0 Å². The predicted molar refractivity (Wildman–Crippen MR) is 82.4 cm³/mol. The number of benzene rings is 2. The number of aryl methyl sites for hydroxylation is 2. The van der Waals surface area contributed by atoms with E-state index in [2.05, 4.69) is 66.8 Å². The molecular weight excluding hydrogens is 230 g/mol. The molecule has 1 unspecified atom stereocenters. The Bertz CT molecular complexity index is 473. The Morgan fingerprint density at radius 2 is 1.53 bits per heavy atom. The van der Waals surface area contributed by atoms with Crippen LogP contribution in [0, 0.1) is 0 Å². The van der Waals surface area contributed by atoms with Crippen molar-refractivity contribution in [2.24, 2.45) is 0 Å². The lowest BCUT2D eigenvalue weighted by Crippen LogP contribution is -2.16. The van der Waals surface area contributed by atoms with E-state index in [1.54, 1.807) is 0 Å². The Balaban J connectivity index is 1.96. The summed E-state index contributed by atoms with van der Waals surface area (Å²) in [6.45, 7) is 2.20. The highest BCUT2D eigenvalue weighted by Gasteiger charge is 2.08. The third kappa shape index (κ3) is 3.93. The lowest BCUT2D eigenvalue weighted by molar-refractivity contribution is 0.549. The summed E-state index contributed by atoms with van der Waals surface area (Å²) in [5.41, 5.74) is 4.21. The lowest BCUT2D eigenvalue weighted by Gasteiger charge is -2.16. The van der Waals surface area contributed by atoms with Crippen molar-refractivity contribution in [1.29, 1.82) is 0 Å². The predicted octanol–water partition coefficient (Wildman–Crippen LogP) is 4.14. The average Bonchev–Trinajstić information content (AvgIpc) is 2.49. The Kier molecular flexibility index (Phi) is 5.17. The first-order valence-corrected chi connectivity index (χ1v) is 7.13. The Morgan fingerprint density at radius 1 is 0.895 bits per heavy atom. The number of hydrogen-bond donors (Lipinski definition) is 1. The number of rotatable bonds is 6. The van der Waals surface area contributed by atoms with Gasteiger partial charge in [-0.3, -0.25) is 0 Å². The molecule has 0 aliphatic heterocycles. The van der Waals surface area contributed by atoms with Crippen LogP contribution in [0.2, 0.25) is 0 Å². The summed E-state index contributed by atoms with van der Waals surface area (Å²) in [5, 5.41) is 3.41. The summed E-state index contributed by atoms with van der Waals surface area (Å²) < 4.78 is 0. The molecule has 2 aromatic carbocycles. The molecule has 0 saturated carbocycles. The molecule has 0 radical (unpaired) electrons. The number of nitrogens with one attached hydrogen (secondary N) is 1. The van der Waals surface area contributed by atoms with Crippen LogP contribution in [0.5, 0.6) is 0 Å². The van der Waals surface area contributed by atoms with Gasteiger partial charge >= 0.3 is 0 Å². The van der Waals surface area contributed by atoms with Gasteiger partial charge in [0.15, 0.2) is 0 Å². The quantitative estimate of drug-likeness (QED) is 0.815. The van der Waals surface area contributed by atoms with Crippen LogP contribution in [0.4, 0.5) is 0 Å². The molecule has 0 aliphatic rings. The Morgan fingerprint density at radius 3 is 2.11 bits per heavy atom. The van der Waals surface area contributed by atoms with Gasteiger partial charge in [0.25, 0.3) is 0 Å². The molecular formula is C18H23N. The minimum Gasteiger partial charge on any atom is -0.313 e. The van der Waals surface area contributed by atoms with Gasteiger partial charge < -0.3 is 5.32 Å². The second kappa shape index (κ2) is 7.10. The highest BCUT2D eigenvalue weighted by molar-refractivity contribution is 5.24. The second-order valence-electron chi connectivity index (χ2n) is 4.96. The largest absolute Gasteiger partial charge is 0.313 e. The van der Waals surface area contributed by atoms with Crippen LogP contribution in [-0.4, -0.2) is 7.05 Å². The molecule has 0 saturated heterocycles. The maximum Gasteiger partial charge on any atom is 0.0320 e. The van der Waals surface area contributed by atoms with Crippen molar-refractivity contribution in [3.8, 4) is 0 Å². The van der Waals surface area contributed by atoms with E-state index in [1.807, 2.05) is 7.05 Å². The van der Waals surface area contributed by atoms with Gasteiger partial charge in [0.1, 0.15) is 0 Å². The van der Waals surface area contributed by atoms with Crippen LogP contribution in [0.25, 0.3) is 0 Å². The minimum absolute atomic E-state index is 0.437. The third-order valence-electron chi connectivity index (χ3n) is 3.70. The summed E-state index contributed by atoms with van der Waals surface area (Å²) in [4.78, 5) is 0. The van der Waals surface area contributed by atoms with Gasteiger partial charge in [-0.25, -0.2) is 0 Å². The second-order valence-corrected chi connectivity index (χ2v) is 4.96. The normalized spacial score (nSPS) is 12.3. The van der Waals surface area contributed by atoms with Gasteiger partial charge in [0.05, 0.1) is 0 Å². The standard InChI is InChI=1S/C18H23N/c1-3-15-9-11-16(12-10-15)13-14-18(19-2)17-7-5-4-6-8-17/h4-12,18-19H,3,13-14H2,1-2H3. The molecule has 0 spiro atoms. The van der Waals surface area contributed by atoms with Crippen molar-refractivity contribution in [3.05, 3.63) is 71.3 Å². The topological polar surface area (TPSA) is 12.0 Å². The summed E-state index contributed by atoms with van der Waals surface area (Å²) in [6.07, 6.45) is 3.36. The molecule has 1 nitrogen and oxygen atoms in total. The fraction of sp³-hybridized carbons (Fsp3) is 0.333.